The Labute approximate surface area is 88.0 Å². The Morgan fingerprint density at radius 1 is 1.33 bits per heavy atom. The molecule has 2 N–H and O–H groups in total. The van der Waals surface area contributed by atoms with Crippen LogP contribution in [-0.2, 0) is 13.1 Å². The molecule has 2 heterocycles. The molecular weight excluding hydrogens is 190 g/mol. The fourth-order valence-corrected chi connectivity index (χ4v) is 1.31. The third kappa shape index (κ3) is 2.85. The van der Waals surface area contributed by atoms with E-state index in [0.29, 0.717) is 0 Å². The summed E-state index contributed by atoms with van der Waals surface area (Å²) >= 11 is 0. The van der Waals surface area contributed by atoms with Gasteiger partial charge >= 0.3 is 0 Å². The van der Waals surface area contributed by atoms with Crippen LogP contribution in [0.15, 0.2) is 24.8 Å². The van der Waals surface area contributed by atoms with Crippen LogP contribution in [0.3, 0.4) is 0 Å². The lowest BCUT2D eigenvalue weighted by Gasteiger charge is -2.01. The van der Waals surface area contributed by atoms with E-state index in [2.05, 4.69) is 25.3 Å². The Kier molecular flexibility index (Phi) is 3.04. The van der Waals surface area contributed by atoms with Gasteiger partial charge in [-0.3, -0.25) is 0 Å². The van der Waals surface area contributed by atoms with Crippen LogP contribution in [0.5, 0.6) is 0 Å². The maximum atomic E-state index is 4.12. The maximum absolute atomic E-state index is 4.12. The van der Waals surface area contributed by atoms with Crippen molar-refractivity contribution in [3.05, 3.63) is 42.0 Å². The van der Waals surface area contributed by atoms with Crippen LogP contribution in [0.1, 0.15) is 17.2 Å². The van der Waals surface area contributed by atoms with Gasteiger partial charge in [-0.2, -0.15) is 0 Å². The molecule has 0 fully saturated rings. The number of imidazole rings is 1. The average molecular weight is 203 g/mol. The van der Waals surface area contributed by atoms with Crippen LogP contribution in [0.2, 0.25) is 0 Å². The van der Waals surface area contributed by atoms with Gasteiger partial charge in [0, 0.05) is 31.2 Å². The predicted molar refractivity (Wildman–Crippen MR) is 55.9 cm³/mol. The van der Waals surface area contributed by atoms with Gasteiger partial charge in [0.2, 0.25) is 0 Å². The smallest absolute Gasteiger partial charge is 0.115 e. The van der Waals surface area contributed by atoms with Crippen LogP contribution in [0, 0.1) is 6.92 Å². The maximum Gasteiger partial charge on any atom is 0.115 e. The lowest BCUT2D eigenvalue weighted by atomic mass is 10.4. The largest absolute Gasteiger partial charge is 0.345 e. The van der Waals surface area contributed by atoms with Gasteiger partial charge in [-0.05, 0) is 13.0 Å². The summed E-state index contributed by atoms with van der Waals surface area (Å²) in [5.41, 5.74) is 2.07. The van der Waals surface area contributed by atoms with E-state index in [9.17, 15) is 0 Å². The summed E-state index contributed by atoms with van der Waals surface area (Å²) in [5.74, 6) is 0.939. The normalized spacial score (nSPS) is 10.5. The highest BCUT2D eigenvalue weighted by Gasteiger charge is 1.96. The molecule has 78 valence electrons. The van der Waals surface area contributed by atoms with Crippen molar-refractivity contribution in [3.63, 3.8) is 0 Å². The minimum Gasteiger partial charge on any atom is -0.345 e. The molecule has 0 radical (unpaired) electrons. The van der Waals surface area contributed by atoms with E-state index >= 15 is 0 Å². The molecule has 0 aliphatic heterocycles. The number of aromatic amines is 1. The molecule has 0 saturated carbocycles. The van der Waals surface area contributed by atoms with Gasteiger partial charge < -0.3 is 10.3 Å². The molecule has 0 aliphatic carbocycles. The number of H-pyrrole nitrogens is 1. The van der Waals surface area contributed by atoms with Gasteiger partial charge in [0.1, 0.15) is 12.2 Å². The highest BCUT2D eigenvalue weighted by Crippen LogP contribution is 1.96. The molecule has 0 aliphatic rings. The molecule has 2 aromatic rings. The van der Waals surface area contributed by atoms with Crippen LogP contribution >= 0.6 is 0 Å². The fraction of sp³-hybridized carbons (Fsp3) is 0.300. The first-order valence-corrected chi connectivity index (χ1v) is 4.80. The van der Waals surface area contributed by atoms with Crippen molar-refractivity contribution in [3.8, 4) is 0 Å². The minimum atomic E-state index is 0.737. The van der Waals surface area contributed by atoms with Crippen molar-refractivity contribution in [2.75, 3.05) is 0 Å². The summed E-state index contributed by atoms with van der Waals surface area (Å²) in [6, 6.07) is 1.89. The summed E-state index contributed by atoms with van der Waals surface area (Å²) in [7, 11) is 0. The van der Waals surface area contributed by atoms with Gasteiger partial charge in [0.25, 0.3) is 0 Å². The summed E-state index contributed by atoms with van der Waals surface area (Å²) in [4.78, 5) is 15.3. The Bertz CT molecular complexity index is 409. The number of nitrogens with one attached hydrogen (secondary N) is 2. The molecule has 0 amide bonds. The molecule has 5 heteroatoms. The van der Waals surface area contributed by atoms with Crippen molar-refractivity contribution < 1.29 is 0 Å². The third-order valence-corrected chi connectivity index (χ3v) is 2.02. The number of hydrogen-bond acceptors (Lipinski definition) is 4. The van der Waals surface area contributed by atoms with E-state index in [4.69, 9.17) is 0 Å². The number of rotatable bonds is 4. The van der Waals surface area contributed by atoms with E-state index in [1.165, 1.54) is 0 Å². The zero-order chi connectivity index (χ0) is 10.5. The summed E-state index contributed by atoms with van der Waals surface area (Å²) in [6.45, 7) is 3.44. The predicted octanol–water partition coefficient (Wildman–Crippen LogP) is 0.798. The quantitative estimate of drug-likeness (QED) is 0.771. The zero-order valence-corrected chi connectivity index (χ0v) is 8.57. The van der Waals surface area contributed by atoms with Crippen LogP contribution in [0.25, 0.3) is 0 Å². The molecule has 2 aromatic heterocycles. The Morgan fingerprint density at radius 2 is 2.27 bits per heavy atom. The van der Waals surface area contributed by atoms with Gasteiger partial charge in [-0.15, -0.1) is 0 Å². The van der Waals surface area contributed by atoms with Gasteiger partial charge in [0.05, 0.1) is 5.69 Å². The van der Waals surface area contributed by atoms with Crippen molar-refractivity contribution >= 4 is 0 Å². The summed E-state index contributed by atoms with van der Waals surface area (Å²) in [5, 5.41) is 3.27. The number of hydrogen-bond donors (Lipinski definition) is 2. The SMILES string of the molecule is Cc1ncc(CNCc2ccncn2)[nH]1. The highest BCUT2D eigenvalue weighted by molar-refractivity contribution is 5.01. The van der Waals surface area contributed by atoms with Crippen molar-refractivity contribution in [2.24, 2.45) is 0 Å². The molecule has 0 bridgehead atoms. The average Bonchev–Trinajstić information content (AvgIpc) is 2.66. The Hall–Kier alpha value is -1.75. The monoisotopic (exact) mass is 203 g/mol. The molecule has 0 aromatic carbocycles. The lowest BCUT2D eigenvalue weighted by molar-refractivity contribution is 0.667. The zero-order valence-electron chi connectivity index (χ0n) is 8.57. The van der Waals surface area contributed by atoms with E-state index in [0.717, 1.165) is 30.3 Å². The van der Waals surface area contributed by atoms with Crippen molar-refractivity contribution in [1.29, 1.82) is 0 Å². The Balaban J connectivity index is 1.80. The summed E-state index contributed by atoms with van der Waals surface area (Å²) in [6.07, 6.45) is 5.13. The van der Waals surface area contributed by atoms with E-state index in [1.54, 1.807) is 12.5 Å². The minimum absolute atomic E-state index is 0.737. The molecular formula is C10H13N5. The third-order valence-electron chi connectivity index (χ3n) is 2.02. The second kappa shape index (κ2) is 4.65. The molecule has 0 spiro atoms. The van der Waals surface area contributed by atoms with Crippen LogP contribution in [0.4, 0.5) is 0 Å². The van der Waals surface area contributed by atoms with Gasteiger partial charge in [-0.1, -0.05) is 0 Å². The standard InChI is InChI=1S/C10H13N5/c1-8-13-6-10(15-8)5-12-4-9-2-3-11-7-14-9/h2-3,6-7,12H,4-5H2,1H3,(H,13,15). The van der Waals surface area contributed by atoms with E-state index in [1.807, 2.05) is 19.2 Å². The Morgan fingerprint density at radius 3 is 2.93 bits per heavy atom. The van der Waals surface area contributed by atoms with Crippen LogP contribution < -0.4 is 5.32 Å². The number of nitrogens with zero attached hydrogens (tertiary/aromatic N) is 3. The summed E-state index contributed by atoms with van der Waals surface area (Å²) < 4.78 is 0. The molecule has 2 rings (SSSR count). The first-order valence-electron chi connectivity index (χ1n) is 4.80. The van der Waals surface area contributed by atoms with Gasteiger partial charge in [0.15, 0.2) is 0 Å². The van der Waals surface area contributed by atoms with E-state index in [-0.39, 0.29) is 0 Å². The molecule has 5 nitrogen and oxygen atoms in total. The molecule has 0 atom stereocenters. The molecule has 0 unspecified atom stereocenters. The second-order valence-electron chi connectivity index (χ2n) is 3.30. The fourth-order valence-electron chi connectivity index (χ4n) is 1.31. The number of aryl methyl sites for hydroxylation is 1. The van der Waals surface area contributed by atoms with Crippen molar-refractivity contribution in [1.82, 2.24) is 25.3 Å². The lowest BCUT2D eigenvalue weighted by Crippen LogP contribution is -2.13. The van der Waals surface area contributed by atoms with Gasteiger partial charge in [-0.25, -0.2) is 15.0 Å². The number of aromatic nitrogens is 4. The van der Waals surface area contributed by atoms with E-state index < -0.39 is 0 Å². The molecule has 0 saturated heterocycles. The first-order chi connectivity index (χ1) is 7.34. The topological polar surface area (TPSA) is 66.5 Å². The highest BCUT2D eigenvalue weighted by atomic mass is 15.0. The molecule has 15 heavy (non-hydrogen) atoms. The first kappa shape index (κ1) is 9.79. The second-order valence-corrected chi connectivity index (χ2v) is 3.30. The van der Waals surface area contributed by atoms with Crippen molar-refractivity contribution in [2.45, 2.75) is 20.0 Å². The van der Waals surface area contributed by atoms with Crippen LogP contribution in [-0.4, -0.2) is 19.9 Å².